The topological polar surface area (TPSA) is 113 Å². The predicted octanol–water partition coefficient (Wildman–Crippen LogP) is 5.48. The van der Waals surface area contributed by atoms with Gasteiger partial charge < -0.3 is 19.4 Å². The molecule has 0 saturated heterocycles. The number of nitrogens with one attached hydrogen (secondary N) is 1. The van der Waals surface area contributed by atoms with Crippen LogP contribution in [0.1, 0.15) is 48.6 Å². The maximum Gasteiger partial charge on any atom is 0.408 e. The summed E-state index contributed by atoms with van der Waals surface area (Å²) in [5, 5.41) is 13.4. The van der Waals surface area contributed by atoms with E-state index in [0.29, 0.717) is 22.2 Å². The first-order valence-electron chi connectivity index (χ1n) is 13.0. The van der Waals surface area contributed by atoms with Crippen LogP contribution in [0.3, 0.4) is 0 Å². The maximum atomic E-state index is 14.6. The SMILES string of the molecule is Cc1ccc2c(c1)[C@@](Cc1c(C#N)c(=O)oc3ccccc13)(NC(=O)OC(C)(C)C)C(=O)N2Cc1ccccc1. The average Bonchev–Trinajstić information content (AvgIpc) is 3.10. The number of carbonyl (C=O) groups is 2. The quantitative estimate of drug-likeness (QED) is 0.339. The van der Waals surface area contributed by atoms with Gasteiger partial charge in [-0.2, -0.15) is 5.26 Å². The summed E-state index contributed by atoms with van der Waals surface area (Å²) in [5.41, 5.74) is 0.0394. The highest BCUT2D eigenvalue weighted by molar-refractivity contribution is 6.09. The van der Waals surface area contributed by atoms with Crippen LogP contribution in [0.15, 0.2) is 82.0 Å². The molecular formula is C32H29N3O5. The fourth-order valence-corrected chi connectivity index (χ4v) is 5.19. The summed E-state index contributed by atoms with van der Waals surface area (Å²) in [6, 6.07) is 24.0. The molecule has 1 aliphatic rings. The van der Waals surface area contributed by atoms with E-state index in [9.17, 15) is 19.6 Å². The van der Waals surface area contributed by atoms with Crippen LogP contribution in [0.4, 0.5) is 10.5 Å². The van der Waals surface area contributed by atoms with Crippen molar-refractivity contribution >= 4 is 28.7 Å². The second kappa shape index (κ2) is 10.0. The van der Waals surface area contributed by atoms with Crippen molar-refractivity contribution in [3.63, 3.8) is 0 Å². The molecule has 3 aromatic carbocycles. The molecule has 0 unspecified atom stereocenters. The number of ether oxygens (including phenoxy) is 1. The third kappa shape index (κ3) is 4.82. The van der Waals surface area contributed by atoms with Crippen LogP contribution < -0.4 is 15.8 Å². The average molecular weight is 536 g/mol. The molecular weight excluding hydrogens is 506 g/mol. The van der Waals surface area contributed by atoms with Gasteiger partial charge in [0.05, 0.1) is 12.2 Å². The van der Waals surface area contributed by atoms with Crippen molar-refractivity contribution in [1.29, 1.82) is 5.26 Å². The van der Waals surface area contributed by atoms with Crippen LogP contribution in [-0.2, 0) is 28.0 Å². The molecule has 0 spiro atoms. The fraction of sp³-hybridized carbons (Fsp3) is 0.250. The lowest BCUT2D eigenvalue weighted by molar-refractivity contribution is -0.124. The Balaban J connectivity index is 1.75. The summed E-state index contributed by atoms with van der Waals surface area (Å²) < 4.78 is 11.0. The monoisotopic (exact) mass is 535 g/mol. The zero-order valence-electron chi connectivity index (χ0n) is 22.8. The van der Waals surface area contributed by atoms with Crippen LogP contribution in [0, 0.1) is 18.3 Å². The van der Waals surface area contributed by atoms with Crippen LogP contribution in [0.2, 0.25) is 0 Å². The number of fused-ring (bicyclic) bond motifs is 2. The molecule has 5 rings (SSSR count). The van der Waals surface area contributed by atoms with Crippen LogP contribution in [-0.4, -0.2) is 17.6 Å². The van der Waals surface area contributed by atoms with Crippen molar-refractivity contribution < 1.29 is 18.7 Å². The van der Waals surface area contributed by atoms with Gasteiger partial charge in [0.25, 0.3) is 5.91 Å². The zero-order chi connectivity index (χ0) is 28.7. The number of carbonyl (C=O) groups excluding carboxylic acids is 2. The number of nitriles is 1. The minimum Gasteiger partial charge on any atom is -0.444 e. The molecule has 1 aromatic heterocycles. The van der Waals surface area contributed by atoms with Crippen molar-refractivity contribution in [2.24, 2.45) is 0 Å². The van der Waals surface area contributed by atoms with Crippen molar-refractivity contribution in [2.75, 3.05) is 4.90 Å². The van der Waals surface area contributed by atoms with E-state index in [1.165, 1.54) is 0 Å². The smallest absolute Gasteiger partial charge is 0.408 e. The van der Waals surface area contributed by atoms with Crippen molar-refractivity contribution in [1.82, 2.24) is 5.32 Å². The molecule has 202 valence electrons. The Kier molecular flexibility index (Phi) is 6.68. The number of alkyl carbamates (subject to hydrolysis) is 1. The molecule has 0 aliphatic carbocycles. The molecule has 0 saturated carbocycles. The highest BCUT2D eigenvalue weighted by Crippen LogP contribution is 2.45. The summed E-state index contributed by atoms with van der Waals surface area (Å²) in [6.45, 7) is 7.37. The molecule has 0 radical (unpaired) electrons. The molecule has 1 N–H and O–H groups in total. The van der Waals surface area contributed by atoms with E-state index in [4.69, 9.17) is 9.15 Å². The van der Waals surface area contributed by atoms with E-state index < -0.39 is 28.8 Å². The van der Waals surface area contributed by atoms with Gasteiger partial charge in [0.1, 0.15) is 22.8 Å². The number of benzene rings is 3. The molecule has 2 amide bonds. The van der Waals surface area contributed by atoms with Crippen LogP contribution in [0.5, 0.6) is 0 Å². The highest BCUT2D eigenvalue weighted by atomic mass is 16.6. The lowest BCUT2D eigenvalue weighted by Gasteiger charge is -2.32. The first-order chi connectivity index (χ1) is 19.0. The van der Waals surface area contributed by atoms with Gasteiger partial charge in [-0.1, -0.05) is 66.2 Å². The minimum atomic E-state index is -1.67. The zero-order valence-corrected chi connectivity index (χ0v) is 22.8. The summed E-state index contributed by atoms with van der Waals surface area (Å²) in [4.78, 5) is 42.4. The molecule has 2 heterocycles. The first kappa shape index (κ1) is 26.7. The third-order valence-corrected chi connectivity index (χ3v) is 6.89. The van der Waals surface area contributed by atoms with E-state index in [0.717, 1.165) is 11.1 Å². The standard InChI is InChI=1S/C32H29N3O5/c1-20-14-15-26-25(16-20)32(34-30(38)40-31(2,3)4,29(37)35(26)19-21-10-6-5-7-11-21)17-23-22-12-8-9-13-27(22)39-28(36)24(23)18-33/h5-16H,17,19H2,1-4H3,(H,34,38)/t32-/m1/s1. The minimum absolute atomic E-state index is 0.165. The molecule has 0 bridgehead atoms. The fourth-order valence-electron chi connectivity index (χ4n) is 5.19. The summed E-state index contributed by atoms with van der Waals surface area (Å²) in [6.07, 6.45) is -0.956. The van der Waals surface area contributed by atoms with Gasteiger partial charge in [-0.15, -0.1) is 0 Å². The summed E-state index contributed by atoms with van der Waals surface area (Å²) >= 11 is 0. The Labute approximate surface area is 231 Å². The van der Waals surface area contributed by atoms with Crippen molar-refractivity contribution in [3.05, 3.63) is 111 Å². The lowest BCUT2D eigenvalue weighted by atomic mass is 9.82. The molecule has 1 aliphatic heterocycles. The van der Waals surface area contributed by atoms with Gasteiger partial charge in [-0.05, 0) is 51.0 Å². The number of anilines is 1. The van der Waals surface area contributed by atoms with Crippen LogP contribution >= 0.6 is 0 Å². The Morgan fingerprint density at radius 2 is 1.75 bits per heavy atom. The Morgan fingerprint density at radius 1 is 1.05 bits per heavy atom. The summed E-state index contributed by atoms with van der Waals surface area (Å²) in [5.74, 6) is -0.399. The van der Waals surface area contributed by atoms with Gasteiger partial charge in [-0.3, -0.25) is 4.79 Å². The lowest BCUT2D eigenvalue weighted by Crippen LogP contribution is -2.55. The molecule has 0 fully saturated rings. The summed E-state index contributed by atoms with van der Waals surface area (Å²) in [7, 11) is 0. The Bertz CT molecular complexity index is 1730. The number of aryl methyl sites for hydroxylation is 1. The Hall–Kier alpha value is -4.90. The number of para-hydroxylation sites is 1. The van der Waals surface area contributed by atoms with E-state index in [1.54, 1.807) is 49.9 Å². The van der Waals surface area contributed by atoms with Gasteiger partial charge >= 0.3 is 11.7 Å². The maximum absolute atomic E-state index is 14.6. The van der Waals surface area contributed by atoms with Gasteiger partial charge in [0.2, 0.25) is 0 Å². The van der Waals surface area contributed by atoms with Crippen molar-refractivity contribution in [2.45, 2.75) is 51.8 Å². The van der Waals surface area contributed by atoms with Crippen LogP contribution in [0.25, 0.3) is 11.0 Å². The second-order valence-corrected chi connectivity index (χ2v) is 11.0. The molecule has 4 aromatic rings. The predicted molar refractivity (Wildman–Crippen MR) is 151 cm³/mol. The van der Waals surface area contributed by atoms with Gasteiger partial charge in [0.15, 0.2) is 5.54 Å². The third-order valence-electron chi connectivity index (χ3n) is 6.89. The van der Waals surface area contributed by atoms with E-state index in [-0.39, 0.29) is 24.1 Å². The molecule has 8 heteroatoms. The normalized spacial score (nSPS) is 16.5. The number of amides is 2. The molecule has 8 nitrogen and oxygen atoms in total. The molecule has 40 heavy (non-hydrogen) atoms. The number of hydrogen-bond acceptors (Lipinski definition) is 6. The number of nitrogens with zero attached hydrogens (tertiary/aromatic N) is 2. The van der Waals surface area contributed by atoms with E-state index in [1.807, 2.05) is 61.5 Å². The van der Waals surface area contributed by atoms with Gasteiger partial charge in [-0.25, -0.2) is 9.59 Å². The number of hydrogen-bond donors (Lipinski definition) is 1. The highest BCUT2D eigenvalue weighted by Gasteiger charge is 2.53. The van der Waals surface area contributed by atoms with E-state index >= 15 is 0 Å². The first-order valence-corrected chi connectivity index (χ1v) is 13.0. The number of rotatable bonds is 5. The largest absolute Gasteiger partial charge is 0.444 e. The Morgan fingerprint density at radius 3 is 2.45 bits per heavy atom. The van der Waals surface area contributed by atoms with E-state index in [2.05, 4.69) is 5.32 Å². The second-order valence-electron chi connectivity index (χ2n) is 11.0. The molecule has 1 atom stereocenters. The van der Waals surface area contributed by atoms with Crippen molar-refractivity contribution in [3.8, 4) is 6.07 Å². The van der Waals surface area contributed by atoms with Gasteiger partial charge in [0, 0.05) is 17.4 Å².